The summed E-state index contributed by atoms with van der Waals surface area (Å²) in [6.45, 7) is 4.50. The van der Waals surface area contributed by atoms with Gasteiger partial charge < -0.3 is 10.8 Å². The van der Waals surface area contributed by atoms with E-state index in [2.05, 4.69) is 0 Å². The zero-order valence-electron chi connectivity index (χ0n) is 10.5. The summed E-state index contributed by atoms with van der Waals surface area (Å²) in [5, 5.41) is 8.92. The Morgan fingerprint density at radius 1 is 1.39 bits per heavy atom. The van der Waals surface area contributed by atoms with Crippen LogP contribution in [0, 0.1) is 19.8 Å². The summed E-state index contributed by atoms with van der Waals surface area (Å²) in [6.07, 6.45) is 0. The van der Waals surface area contributed by atoms with E-state index in [1.165, 1.54) is 10.4 Å². The molecule has 1 aromatic carbocycles. The summed E-state index contributed by atoms with van der Waals surface area (Å²) in [7, 11) is -3.46. The molecule has 1 aliphatic heterocycles. The van der Waals surface area contributed by atoms with Crippen LogP contribution in [0.25, 0.3) is 0 Å². The van der Waals surface area contributed by atoms with Crippen molar-refractivity contribution in [2.45, 2.75) is 18.7 Å². The van der Waals surface area contributed by atoms with Crippen molar-refractivity contribution >= 4 is 15.7 Å². The average Bonchev–Trinajstić information content (AvgIpc) is 2.23. The van der Waals surface area contributed by atoms with E-state index in [-0.39, 0.29) is 17.4 Å². The Bertz CT molecular complexity index is 540. The molecule has 1 heterocycles. The molecule has 2 rings (SSSR count). The molecule has 1 fully saturated rings. The summed E-state index contributed by atoms with van der Waals surface area (Å²) in [5.74, 6) is 0.0590. The SMILES string of the molecule is Cc1cc(S(=O)(=O)N2CC(CO)C2)cc(N)c1C. The van der Waals surface area contributed by atoms with E-state index in [1.54, 1.807) is 6.07 Å². The third-order valence-electron chi connectivity index (χ3n) is 3.50. The van der Waals surface area contributed by atoms with Gasteiger partial charge >= 0.3 is 0 Å². The largest absolute Gasteiger partial charge is 0.398 e. The number of aryl methyl sites for hydroxylation is 1. The fourth-order valence-corrected chi connectivity index (χ4v) is 3.70. The topological polar surface area (TPSA) is 83.6 Å². The van der Waals surface area contributed by atoms with Crippen LogP contribution in [0.5, 0.6) is 0 Å². The summed E-state index contributed by atoms with van der Waals surface area (Å²) in [5.41, 5.74) is 8.08. The normalized spacial score (nSPS) is 17.7. The number of sulfonamides is 1. The monoisotopic (exact) mass is 270 g/mol. The van der Waals surface area contributed by atoms with E-state index in [9.17, 15) is 8.42 Å². The molecule has 0 radical (unpaired) electrons. The van der Waals surface area contributed by atoms with E-state index >= 15 is 0 Å². The number of anilines is 1. The molecule has 100 valence electrons. The molecule has 0 spiro atoms. The summed E-state index contributed by atoms with van der Waals surface area (Å²) >= 11 is 0. The maximum Gasteiger partial charge on any atom is 0.243 e. The molecule has 1 saturated heterocycles. The van der Waals surface area contributed by atoms with Crippen molar-refractivity contribution in [3.63, 3.8) is 0 Å². The maximum absolute atomic E-state index is 12.3. The highest BCUT2D eigenvalue weighted by Crippen LogP contribution is 2.28. The Balaban J connectivity index is 2.32. The Morgan fingerprint density at radius 3 is 2.50 bits per heavy atom. The lowest BCUT2D eigenvalue weighted by atomic mass is 10.1. The molecule has 1 aliphatic rings. The molecule has 1 aromatic rings. The predicted octanol–water partition coefficient (Wildman–Crippen LogP) is 0.498. The van der Waals surface area contributed by atoms with Gasteiger partial charge in [0.2, 0.25) is 10.0 Å². The average molecular weight is 270 g/mol. The lowest BCUT2D eigenvalue weighted by Gasteiger charge is -2.37. The van der Waals surface area contributed by atoms with Crippen LogP contribution in [-0.2, 0) is 10.0 Å². The number of nitrogens with two attached hydrogens (primary N) is 1. The van der Waals surface area contributed by atoms with Gasteiger partial charge in [-0.25, -0.2) is 8.42 Å². The van der Waals surface area contributed by atoms with Gasteiger partial charge in [-0.05, 0) is 37.1 Å². The number of nitrogens with zero attached hydrogens (tertiary/aromatic N) is 1. The highest BCUT2D eigenvalue weighted by atomic mass is 32.2. The Hall–Kier alpha value is -1.11. The second kappa shape index (κ2) is 4.53. The molecule has 0 unspecified atom stereocenters. The van der Waals surface area contributed by atoms with Crippen molar-refractivity contribution < 1.29 is 13.5 Å². The minimum absolute atomic E-state index is 0.0289. The van der Waals surface area contributed by atoms with Crippen molar-refractivity contribution in [1.29, 1.82) is 0 Å². The summed E-state index contributed by atoms with van der Waals surface area (Å²) < 4.78 is 25.9. The molecule has 0 aliphatic carbocycles. The van der Waals surface area contributed by atoms with Crippen molar-refractivity contribution in [3.05, 3.63) is 23.3 Å². The molecule has 6 heteroatoms. The number of rotatable bonds is 3. The van der Waals surface area contributed by atoms with Crippen molar-refractivity contribution in [2.75, 3.05) is 25.4 Å². The first-order valence-electron chi connectivity index (χ1n) is 5.84. The zero-order chi connectivity index (χ0) is 13.5. The fourth-order valence-electron chi connectivity index (χ4n) is 1.98. The maximum atomic E-state index is 12.3. The molecule has 3 N–H and O–H groups in total. The number of nitrogen functional groups attached to an aromatic ring is 1. The van der Waals surface area contributed by atoms with Crippen molar-refractivity contribution in [3.8, 4) is 0 Å². The zero-order valence-corrected chi connectivity index (χ0v) is 11.4. The molecule has 0 bridgehead atoms. The van der Waals surface area contributed by atoms with Crippen LogP contribution < -0.4 is 5.73 Å². The van der Waals surface area contributed by atoms with Gasteiger partial charge in [-0.3, -0.25) is 0 Å². The first-order chi connectivity index (χ1) is 8.36. The minimum Gasteiger partial charge on any atom is -0.398 e. The molecule has 0 aromatic heterocycles. The van der Waals surface area contributed by atoms with E-state index < -0.39 is 10.0 Å². The van der Waals surface area contributed by atoms with Gasteiger partial charge in [0.15, 0.2) is 0 Å². The molecule has 5 nitrogen and oxygen atoms in total. The highest BCUT2D eigenvalue weighted by molar-refractivity contribution is 7.89. The standard InChI is InChI=1S/C12H18N2O3S/c1-8-3-11(4-12(13)9(8)2)18(16,17)14-5-10(6-14)7-15/h3-4,10,15H,5-7,13H2,1-2H3. The lowest BCUT2D eigenvalue weighted by Crippen LogP contribution is -2.51. The fraction of sp³-hybridized carbons (Fsp3) is 0.500. The second-order valence-electron chi connectivity index (χ2n) is 4.83. The van der Waals surface area contributed by atoms with Gasteiger partial charge in [0.05, 0.1) is 4.90 Å². The molecule has 18 heavy (non-hydrogen) atoms. The number of benzene rings is 1. The van der Waals surface area contributed by atoms with Crippen molar-refractivity contribution in [1.82, 2.24) is 4.31 Å². The lowest BCUT2D eigenvalue weighted by molar-refractivity contribution is 0.117. The van der Waals surface area contributed by atoms with E-state index in [1.807, 2.05) is 13.8 Å². The molecule has 0 amide bonds. The number of hydrogen-bond acceptors (Lipinski definition) is 4. The van der Waals surface area contributed by atoms with Crippen LogP contribution in [-0.4, -0.2) is 37.5 Å². The Labute approximate surface area is 107 Å². The van der Waals surface area contributed by atoms with Gasteiger partial charge in [0.25, 0.3) is 0 Å². The van der Waals surface area contributed by atoms with Crippen LogP contribution in [0.1, 0.15) is 11.1 Å². The van der Waals surface area contributed by atoms with Gasteiger partial charge in [0.1, 0.15) is 0 Å². The van der Waals surface area contributed by atoms with E-state index in [0.29, 0.717) is 18.8 Å². The number of aliphatic hydroxyl groups is 1. The predicted molar refractivity (Wildman–Crippen MR) is 69.7 cm³/mol. The van der Waals surface area contributed by atoms with Gasteiger partial charge in [-0.2, -0.15) is 4.31 Å². The highest BCUT2D eigenvalue weighted by Gasteiger charge is 2.36. The summed E-state index contributed by atoms with van der Waals surface area (Å²) in [6, 6.07) is 3.15. The van der Waals surface area contributed by atoms with Crippen LogP contribution in [0.2, 0.25) is 0 Å². The molecular formula is C12H18N2O3S. The number of aliphatic hydroxyl groups excluding tert-OH is 1. The van der Waals surface area contributed by atoms with Gasteiger partial charge in [-0.15, -0.1) is 0 Å². The Kier molecular flexibility index (Phi) is 3.35. The van der Waals surface area contributed by atoms with E-state index in [4.69, 9.17) is 10.8 Å². The van der Waals surface area contributed by atoms with Crippen LogP contribution in [0.4, 0.5) is 5.69 Å². The first-order valence-corrected chi connectivity index (χ1v) is 7.28. The Morgan fingerprint density at radius 2 is 2.00 bits per heavy atom. The van der Waals surface area contributed by atoms with Crippen molar-refractivity contribution in [2.24, 2.45) is 5.92 Å². The third kappa shape index (κ3) is 2.11. The number of hydrogen-bond donors (Lipinski definition) is 2. The van der Waals surface area contributed by atoms with Crippen LogP contribution in [0.3, 0.4) is 0 Å². The van der Waals surface area contributed by atoms with Crippen LogP contribution >= 0.6 is 0 Å². The first kappa shape index (κ1) is 13.3. The summed E-state index contributed by atoms with van der Waals surface area (Å²) in [4.78, 5) is 0.236. The molecular weight excluding hydrogens is 252 g/mol. The quantitative estimate of drug-likeness (QED) is 0.783. The molecule has 0 saturated carbocycles. The van der Waals surface area contributed by atoms with Crippen LogP contribution in [0.15, 0.2) is 17.0 Å². The minimum atomic E-state index is -3.46. The van der Waals surface area contributed by atoms with Gasteiger partial charge in [0, 0.05) is 31.3 Å². The van der Waals surface area contributed by atoms with Gasteiger partial charge in [-0.1, -0.05) is 0 Å². The molecule has 0 atom stereocenters. The van der Waals surface area contributed by atoms with E-state index in [0.717, 1.165) is 11.1 Å². The second-order valence-corrected chi connectivity index (χ2v) is 6.76. The smallest absolute Gasteiger partial charge is 0.243 e. The third-order valence-corrected chi connectivity index (χ3v) is 5.31.